The minimum atomic E-state index is -4.05. The summed E-state index contributed by atoms with van der Waals surface area (Å²) in [7, 11) is -2.34. The van der Waals surface area contributed by atoms with Gasteiger partial charge in [-0.05, 0) is 51.8 Å². The Kier molecular flexibility index (Phi) is 7.23. The lowest BCUT2D eigenvalue weighted by molar-refractivity contribution is -0.120. The van der Waals surface area contributed by atoms with Crippen LogP contribution < -0.4 is 5.32 Å². The van der Waals surface area contributed by atoms with Crippen LogP contribution in [0.2, 0.25) is 5.02 Å². The molecule has 188 valence electrons. The van der Waals surface area contributed by atoms with Gasteiger partial charge in [-0.2, -0.15) is 4.31 Å². The number of hydrogen-bond acceptors (Lipinski definition) is 7. The number of thiazole rings is 1. The van der Waals surface area contributed by atoms with E-state index in [0.29, 0.717) is 34.4 Å². The first-order chi connectivity index (χ1) is 16.5. The Hall–Kier alpha value is -2.47. The third-order valence-corrected chi connectivity index (χ3v) is 9.53. The second-order valence-electron chi connectivity index (χ2n) is 8.48. The SMILES string of the molecule is CCOC(=O)c1c(S(=O)(=O)N2CCC[C@@H](C(=O)Nc3nc4ccc(Cl)cc4s3)C2)c(C)n(C)c1C. The summed E-state index contributed by atoms with van der Waals surface area (Å²) in [4.78, 5) is 30.1. The van der Waals surface area contributed by atoms with E-state index in [-0.39, 0.29) is 36.1 Å². The summed E-state index contributed by atoms with van der Waals surface area (Å²) in [6.45, 7) is 5.44. The number of halogens is 1. The molecule has 3 heterocycles. The molecule has 1 aliphatic rings. The second-order valence-corrected chi connectivity index (χ2v) is 11.8. The highest BCUT2D eigenvalue weighted by molar-refractivity contribution is 7.89. The van der Waals surface area contributed by atoms with Crippen LogP contribution in [0.3, 0.4) is 0 Å². The molecule has 3 aromatic rings. The molecule has 0 spiro atoms. The molecule has 1 N–H and O–H groups in total. The van der Waals surface area contributed by atoms with Gasteiger partial charge in [0.2, 0.25) is 15.9 Å². The number of ether oxygens (including phenoxy) is 1. The zero-order valence-corrected chi connectivity index (χ0v) is 22.3. The Morgan fingerprint density at radius 3 is 2.74 bits per heavy atom. The largest absolute Gasteiger partial charge is 0.462 e. The monoisotopic (exact) mass is 538 g/mol. The van der Waals surface area contributed by atoms with Crippen molar-refractivity contribution in [3.8, 4) is 0 Å². The average molecular weight is 539 g/mol. The lowest BCUT2D eigenvalue weighted by Gasteiger charge is -2.31. The molecule has 4 rings (SSSR count). The summed E-state index contributed by atoms with van der Waals surface area (Å²) in [6, 6.07) is 5.30. The van der Waals surface area contributed by atoms with E-state index in [2.05, 4.69) is 10.3 Å². The zero-order chi connectivity index (χ0) is 25.5. The van der Waals surface area contributed by atoms with Crippen molar-refractivity contribution in [1.82, 2.24) is 13.9 Å². The van der Waals surface area contributed by atoms with Crippen LogP contribution in [-0.4, -0.2) is 53.8 Å². The number of anilines is 1. The number of nitrogens with one attached hydrogen (secondary N) is 1. The lowest BCUT2D eigenvalue weighted by atomic mass is 9.99. The summed E-state index contributed by atoms with van der Waals surface area (Å²) in [5.74, 6) is -1.51. The molecule has 12 heteroatoms. The second kappa shape index (κ2) is 9.88. The van der Waals surface area contributed by atoms with E-state index in [1.54, 1.807) is 50.6 Å². The standard InChI is InChI=1S/C23H27ClN4O5S2/c1-5-33-22(30)19-13(2)27(4)14(3)20(19)35(31,32)28-10-6-7-15(12-28)21(29)26-23-25-17-9-8-16(24)11-18(17)34-23/h8-9,11,15H,5-7,10,12H2,1-4H3,(H,25,26,29)/t15-/m1/s1. The number of amides is 1. The number of nitrogens with zero attached hydrogens (tertiary/aromatic N) is 3. The summed E-state index contributed by atoms with van der Waals surface area (Å²) >= 11 is 7.34. The summed E-state index contributed by atoms with van der Waals surface area (Å²) in [5.41, 5.74) is 1.74. The van der Waals surface area contributed by atoms with E-state index in [4.69, 9.17) is 16.3 Å². The van der Waals surface area contributed by atoms with Gasteiger partial charge in [-0.1, -0.05) is 22.9 Å². The number of aromatic nitrogens is 2. The normalized spacial score (nSPS) is 17.0. The maximum absolute atomic E-state index is 13.7. The highest BCUT2D eigenvalue weighted by Gasteiger charge is 2.39. The van der Waals surface area contributed by atoms with Gasteiger partial charge in [-0.15, -0.1) is 0 Å². The van der Waals surface area contributed by atoms with Crippen molar-refractivity contribution in [2.24, 2.45) is 13.0 Å². The van der Waals surface area contributed by atoms with Gasteiger partial charge < -0.3 is 14.6 Å². The number of rotatable bonds is 6. The first kappa shape index (κ1) is 25.6. The molecule has 1 aliphatic heterocycles. The predicted molar refractivity (Wildman–Crippen MR) is 136 cm³/mol. The van der Waals surface area contributed by atoms with Crippen molar-refractivity contribution in [3.63, 3.8) is 0 Å². The molecule has 0 saturated carbocycles. The molecule has 9 nitrogen and oxygen atoms in total. The van der Waals surface area contributed by atoms with Gasteiger partial charge in [-0.25, -0.2) is 18.2 Å². The van der Waals surface area contributed by atoms with Crippen LogP contribution in [0.25, 0.3) is 10.2 Å². The number of esters is 1. The summed E-state index contributed by atoms with van der Waals surface area (Å²) < 4.78 is 36.4. The van der Waals surface area contributed by atoms with Gasteiger partial charge in [0.15, 0.2) is 5.13 Å². The first-order valence-electron chi connectivity index (χ1n) is 11.2. The average Bonchev–Trinajstić information content (AvgIpc) is 3.32. The molecule has 1 fully saturated rings. The van der Waals surface area contributed by atoms with Crippen LogP contribution in [0.4, 0.5) is 5.13 Å². The molecule has 1 saturated heterocycles. The summed E-state index contributed by atoms with van der Waals surface area (Å²) in [6.07, 6.45) is 1.07. The Morgan fingerprint density at radius 1 is 1.29 bits per heavy atom. The van der Waals surface area contributed by atoms with Crippen molar-refractivity contribution in [2.75, 3.05) is 25.0 Å². The Labute approximate surface area is 213 Å². The van der Waals surface area contributed by atoms with Gasteiger partial charge in [0, 0.05) is 36.5 Å². The van der Waals surface area contributed by atoms with Gasteiger partial charge >= 0.3 is 5.97 Å². The number of sulfonamides is 1. The van der Waals surface area contributed by atoms with Crippen molar-refractivity contribution in [2.45, 2.75) is 38.5 Å². The van der Waals surface area contributed by atoms with Crippen LogP contribution in [0.5, 0.6) is 0 Å². The van der Waals surface area contributed by atoms with Gasteiger partial charge in [0.25, 0.3) is 0 Å². The van der Waals surface area contributed by atoms with Gasteiger partial charge in [-0.3, -0.25) is 4.79 Å². The highest BCUT2D eigenvalue weighted by atomic mass is 35.5. The smallest absolute Gasteiger partial charge is 0.341 e. The van der Waals surface area contributed by atoms with E-state index >= 15 is 0 Å². The lowest BCUT2D eigenvalue weighted by Crippen LogP contribution is -2.44. The van der Waals surface area contributed by atoms with Crippen LogP contribution in [0.1, 0.15) is 41.5 Å². The van der Waals surface area contributed by atoms with Crippen molar-refractivity contribution < 1.29 is 22.7 Å². The molecule has 0 aliphatic carbocycles. The molecule has 1 atom stereocenters. The molecule has 0 radical (unpaired) electrons. The van der Waals surface area contributed by atoms with E-state index in [0.717, 1.165) is 10.2 Å². The third kappa shape index (κ3) is 4.82. The molecule has 0 unspecified atom stereocenters. The van der Waals surface area contributed by atoms with E-state index in [1.165, 1.54) is 15.6 Å². The van der Waals surface area contributed by atoms with Crippen LogP contribution >= 0.6 is 22.9 Å². The van der Waals surface area contributed by atoms with E-state index in [1.807, 2.05) is 0 Å². The number of piperidine rings is 1. The molecule has 0 bridgehead atoms. The topological polar surface area (TPSA) is 111 Å². The maximum Gasteiger partial charge on any atom is 0.341 e. The highest BCUT2D eigenvalue weighted by Crippen LogP contribution is 2.33. The molecule has 1 aromatic carbocycles. The number of benzene rings is 1. The number of carbonyl (C=O) groups is 2. The molecular formula is C23H27ClN4O5S2. The van der Waals surface area contributed by atoms with Crippen molar-refractivity contribution >= 4 is 60.2 Å². The van der Waals surface area contributed by atoms with Crippen LogP contribution in [0.15, 0.2) is 23.1 Å². The van der Waals surface area contributed by atoms with Crippen molar-refractivity contribution in [1.29, 1.82) is 0 Å². The number of fused-ring (bicyclic) bond motifs is 1. The minimum Gasteiger partial charge on any atom is -0.462 e. The maximum atomic E-state index is 13.7. The van der Waals surface area contributed by atoms with Crippen molar-refractivity contribution in [3.05, 3.63) is 40.2 Å². The number of carbonyl (C=O) groups excluding carboxylic acids is 2. The quantitative estimate of drug-likeness (QED) is 0.473. The molecule has 35 heavy (non-hydrogen) atoms. The van der Waals surface area contributed by atoms with Gasteiger partial charge in [0.05, 0.1) is 22.7 Å². The Balaban J connectivity index is 1.58. The fourth-order valence-corrected chi connectivity index (χ4v) is 7.49. The fourth-order valence-electron chi connectivity index (χ4n) is 4.34. The molecule has 2 aromatic heterocycles. The predicted octanol–water partition coefficient (Wildman–Crippen LogP) is 4.12. The fraction of sp³-hybridized carbons (Fsp3) is 0.435. The Bertz CT molecular complexity index is 1410. The Morgan fingerprint density at radius 2 is 2.03 bits per heavy atom. The van der Waals surface area contributed by atoms with E-state index < -0.39 is 21.9 Å². The number of hydrogen-bond donors (Lipinski definition) is 1. The summed E-state index contributed by atoms with van der Waals surface area (Å²) in [5, 5.41) is 3.85. The minimum absolute atomic E-state index is 0.0144. The van der Waals surface area contributed by atoms with Gasteiger partial charge in [0.1, 0.15) is 10.5 Å². The van der Waals surface area contributed by atoms with Crippen LogP contribution in [0, 0.1) is 19.8 Å². The molecular weight excluding hydrogens is 512 g/mol. The zero-order valence-electron chi connectivity index (χ0n) is 19.9. The first-order valence-corrected chi connectivity index (χ1v) is 13.9. The molecule has 1 amide bonds. The third-order valence-electron chi connectivity index (χ3n) is 6.34. The van der Waals surface area contributed by atoms with E-state index in [9.17, 15) is 18.0 Å². The van der Waals surface area contributed by atoms with Crippen LogP contribution in [-0.2, 0) is 26.6 Å².